The molecule has 0 aliphatic carbocycles. The summed E-state index contributed by atoms with van der Waals surface area (Å²) in [7, 11) is 0. The van der Waals surface area contributed by atoms with Crippen molar-refractivity contribution < 1.29 is 4.79 Å². The monoisotopic (exact) mass is 292 g/mol. The lowest BCUT2D eigenvalue weighted by Crippen LogP contribution is -2.45. The predicted octanol–water partition coefficient (Wildman–Crippen LogP) is 1.57. The van der Waals surface area contributed by atoms with E-state index in [4.69, 9.17) is 22.6 Å². The molecule has 0 bridgehead atoms. The SMILES string of the molecule is N#Cc1ccc(NC(=O)CN2CCC[C@@H](N)C2)cc1Cl. The Hall–Kier alpha value is -1.61. The van der Waals surface area contributed by atoms with Crippen molar-refractivity contribution in [2.24, 2.45) is 5.73 Å². The molecule has 0 radical (unpaired) electrons. The second-order valence-corrected chi connectivity index (χ2v) is 5.40. The molecule has 6 heteroatoms. The molecule has 0 unspecified atom stereocenters. The highest BCUT2D eigenvalue weighted by molar-refractivity contribution is 6.32. The van der Waals surface area contributed by atoms with Crippen LogP contribution in [0.3, 0.4) is 0 Å². The van der Waals surface area contributed by atoms with Crippen molar-refractivity contribution in [2.45, 2.75) is 18.9 Å². The standard InChI is InChI=1S/C14H17ClN4O/c15-13-6-12(4-3-10(13)7-16)18-14(20)9-19-5-1-2-11(17)8-19/h3-4,6,11H,1-2,5,8-9,17H2,(H,18,20)/t11-/m1/s1. The van der Waals surface area contributed by atoms with Gasteiger partial charge in [-0.05, 0) is 37.6 Å². The summed E-state index contributed by atoms with van der Waals surface area (Å²) in [6.07, 6.45) is 2.04. The zero-order valence-corrected chi connectivity index (χ0v) is 11.9. The van der Waals surface area contributed by atoms with E-state index in [0.717, 1.165) is 25.9 Å². The Morgan fingerprint density at radius 3 is 3.05 bits per heavy atom. The minimum Gasteiger partial charge on any atom is -0.327 e. The number of likely N-dealkylation sites (tertiary alicyclic amines) is 1. The number of hydrogen-bond acceptors (Lipinski definition) is 4. The van der Waals surface area contributed by atoms with Gasteiger partial charge < -0.3 is 11.1 Å². The summed E-state index contributed by atoms with van der Waals surface area (Å²) >= 11 is 5.92. The van der Waals surface area contributed by atoms with E-state index >= 15 is 0 Å². The van der Waals surface area contributed by atoms with Crippen molar-refractivity contribution in [2.75, 3.05) is 25.0 Å². The van der Waals surface area contributed by atoms with Crippen molar-refractivity contribution in [3.8, 4) is 6.07 Å². The lowest BCUT2D eigenvalue weighted by Gasteiger charge is -2.29. The minimum absolute atomic E-state index is 0.0973. The van der Waals surface area contributed by atoms with E-state index in [-0.39, 0.29) is 11.9 Å². The molecular formula is C14H17ClN4O. The lowest BCUT2D eigenvalue weighted by atomic mass is 10.1. The van der Waals surface area contributed by atoms with Gasteiger partial charge in [-0.15, -0.1) is 0 Å². The Labute approximate surface area is 123 Å². The van der Waals surface area contributed by atoms with Crippen molar-refractivity contribution in [1.29, 1.82) is 5.26 Å². The Kier molecular flexibility index (Phi) is 4.96. The van der Waals surface area contributed by atoms with Crippen molar-refractivity contribution in [3.05, 3.63) is 28.8 Å². The molecule has 3 N–H and O–H groups in total. The van der Waals surface area contributed by atoms with Gasteiger partial charge in [0.2, 0.25) is 5.91 Å². The average Bonchev–Trinajstić information content (AvgIpc) is 2.38. The van der Waals surface area contributed by atoms with E-state index in [2.05, 4.69) is 10.2 Å². The van der Waals surface area contributed by atoms with Gasteiger partial charge in [0.1, 0.15) is 6.07 Å². The third kappa shape index (κ3) is 3.94. The van der Waals surface area contributed by atoms with Crippen LogP contribution in [-0.4, -0.2) is 36.5 Å². The third-order valence-electron chi connectivity index (χ3n) is 3.28. The molecule has 1 fully saturated rings. The summed E-state index contributed by atoms with van der Waals surface area (Å²) in [6.45, 7) is 1.97. The molecule has 20 heavy (non-hydrogen) atoms. The highest BCUT2D eigenvalue weighted by atomic mass is 35.5. The lowest BCUT2D eigenvalue weighted by molar-refractivity contribution is -0.117. The van der Waals surface area contributed by atoms with E-state index in [9.17, 15) is 4.79 Å². The van der Waals surface area contributed by atoms with Gasteiger partial charge in [0.05, 0.1) is 17.1 Å². The van der Waals surface area contributed by atoms with Gasteiger partial charge in [0.15, 0.2) is 0 Å². The van der Waals surface area contributed by atoms with Crippen LogP contribution in [0.5, 0.6) is 0 Å². The first-order chi connectivity index (χ1) is 9.58. The van der Waals surface area contributed by atoms with Gasteiger partial charge >= 0.3 is 0 Å². The maximum Gasteiger partial charge on any atom is 0.238 e. The average molecular weight is 293 g/mol. The normalized spacial score (nSPS) is 19.4. The van der Waals surface area contributed by atoms with Crippen LogP contribution in [0.15, 0.2) is 18.2 Å². The molecule has 1 atom stereocenters. The van der Waals surface area contributed by atoms with Crippen LogP contribution >= 0.6 is 11.6 Å². The molecule has 1 amide bonds. The first kappa shape index (κ1) is 14.8. The van der Waals surface area contributed by atoms with Crippen LogP contribution in [-0.2, 0) is 4.79 Å². The summed E-state index contributed by atoms with van der Waals surface area (Å²) in [5.41, 5.74) is 6.88. The summed E-state index contributed by atoms with van der Waals surface area (Å²) in [5, 5.41) is 11.9. The van der Waals surface area contributed by atoms with Gasteiger partial charge in [0, 0.05) is 18.3 Å². The third-order valence-corrected chi connectivity index (χ3v) is 3.60. The molecule has 1 heterocycles. The number of nitrogens with one attached hydrogen (secondary N) is 1. The molecular weight excluding hydrogens is 276 g/mol. The first-order valence-electron chi connectivity index (χ1n) is 6.56. The molecule has 1 aromatic rings. The topological polar surface area (TPSA) is 82.2 Å². The zero-order valence-electron chi connectivity index (χ0n) is 11.1. The fourth-order valence-corrected chi connectivity index (χ4v) is 2.54. The number of rotatable bonds is 3. The Morgan fingerprint density at radius 2 is 2.40 bits per heavy atom. The number of hydrogen-bond donors (Lipinski definition) is 2. The highest BCUT2D eigenvalue weighted by Crippen LogP contribution is 2.20. The summed E-state index contributed by atoms with van der Waals surface area (Å²) < 4.78 is 0. The van der Waals surface area contributed by atoms with Gasteiger partial charge in [0.25, 0.3) is 0 Å². The van der Waals surface area contributed by atoms with E-state index in [0.29, 0.717) is 22.8 Å². The van der Waals surface area contributed by atoms with Gasteiger partial charge in [-0.1, -0.05) is 11.6 Å². The zero-order chi connectivity index (χ0) is 14.5. The molecule has 1 aliphatic heterocycles. The molecule has 0 saturated carbocycles. The number of benzene rings is 1. The number of carbonyl (C=O) groups is 1. The molecule has 5 nitrogen and oxygen atoms in total. The summed E-state index contributed by atoms with van der Waals surface area (Å²) in [4.78, 5) is 14.0. The van der Waals surface area contributed by atoms with Crippen LogP contribution in [0.2, 0.25) is 5.02 Å². The molecule has 106 valence electrons. The van der Waals surface area contributed by atoms with Crippen LogP contribution in [0, 0.1) is 11.3 Å². The largest absolute Gasteiger partial charge is 0.327 e. The minimum atomic E-state index is -0.0973. The molecule has 2 rings (SSSR count). The number of halogens is 1. The van der Waals surface area contributed by atoms with Crippen LogP contribution in [0.4, 0.5) is 5.69 Å². The molecule has 1 saturated heterocycles. The van der Waals surface area contributed by atoms with Gasteiger partial charge in [-0.2, -0.15) is 5.26 Å². The number of carbonyl (C=O) groups excluding carboxylic acids is 1. The molecule has 0 spiro atoms. The number of nitrogens with zero attached hydrogens (tertiary/aromatic N) is 2. The molecule has 1 aromatic carbocycles. The predicted molar refractivity (Wildman–Crippen MR) is 78.4 cm³/mol. The van der Waals surface area contributed by atoms with E-state index in [1.807, 2.05) is 6.07 Å². The number of amides is 1. The maximum absolute atomic E-state index is 12.0. The second kappa shape index (κ2) is 6.71. The van der Waals surface area contributed by atoms with Crippen LogP contribution < -0.4 is 11.1 Å². The Morgan fingerprint density at radius 1 is 1.60 bits per heavy atom. The van der Waals surface area contributed by atoms with Crippen molar-refractivity contribution in [3.63, 3.8) is 0 Å². The fourth-order valence-electron chi connectivity index (χ4n) is 2.32. The molecule has 0 aromatic heterocycles. The first-order valence-corrected chi connectivity index (χ1v) is 6.93. The number of piperidine rings is 1. The van der Waals surface area contributed by atoms with E-state index < -0.39 is 0 Å². The smallest absolute Gasteiger partial charge is 0.238 e. The highest BCUT2D eigenvalue weighted by Gasteiger charge is 2.18. The van der Waals surface area contributed by atoms with Gasteiger partial charge in [-0.25, -0.2) is 0 Å². The Bertz CT molecular complexity index is 540. The Balaban J connectivity index is 1.91. The van der Waals surface area contributed by atoms with Gasteiger partial charge in [-0.3, -0.25) is 9.69 Å². The number of nitriles is 1. The maximum atomic E-state index is 12.0. The van der Waals surface area contributed by atoms with Crippen LogP contribution in [0.1, 0.15) is 18.4 Å². The number of anilines is 1. The van der Waals surface area contributed by atoms with Crippen molar-refractivity contribution >= 4 is 23.2 Å². The second-order valence-electron chi connectivity index (χ2n) is 4.99. The summed E-state index contributed by atoms with van der Waals surface area (Å²) in [6, 6.07) is 6.98. The van der Waals surface area contributed by atoms with Crippen molar-refractivity contribution in [1.82, 2.24) is 4.90 Å². The number of nitrogens with two attached hydrogens (primary N) is 1. The fraction of sp³-hybridized carbons (Fsp3) is 0.429. The van der Waals surface area contributed by atoms with E-state index in [1.165, 1.54) is 0 Å². The molecule has 1 aliphatic rings. The van der Waals surface area contributed by atoms with E-state index in [1.54, 1.807) is 18.2 Å². The summed E-state index contributed by atoms with van der Waals surface area (Å²) in [5.74, 6) is -0.0973. The quantitative estimate of drug-likeness (QED) is 0.886. The van der Waals surface area contributed by atoms with Crippen LogP contribution in [0.25, 0.3) is 0 Å².